The molecule has 1 aromatic carbocycles. The second kappa shape index (κ2) is 4.06. The van der Waals surface area contributed by atoms with E-state index < -0.39 is 0 Å². The summed E-state index contributed by atoms with van der Waals surface area (Å²) < 4.78 is 0. The molecule has 1 atom stereocenters. The van der Waals surface area contributed by atoms with Crippen LogP contribution in [0.15, 0.2) is 24.3 Å². The second-order valence-corrected chi connectivity index (χ2v) is 5.22. The normalized spacial score (nSPS) is 21.8. The van der Waals surface area contributed by atoms with Gasteiger partial charge >= 0.3 is 0 Å². The van der Waals surface area contributed by atoms with E-state index in [-0.39, 0.29) is 11.9 Å². The fraction of sp³-hybridized carbons (Fsp3) is 0.500. The Morgan fingerprint density at radius 3 is 2.88 bits per heavy atom. The van der Waals surface area contributed by atoms with Crippen LogP contribution in [0.25, 0.3) is 0 Å². The van der Waals surface area contributed by atoms with E-state index in [1.165, 1.54) is 18.4 Å². The monoisotopic (exact) mass is 230 g/mol. The molecule has 1 aliphatic carbocycles. The molecule has 90 valence electrons. The van der Waals surface area contributed by atoms with Gasteiger partial charge in [-0.25, -0.2) is 0 Å². The summed E-state index contributed by atoms with van der Waals surface area (Å²) in [6.45, 7) is 0.924. The number of fused-ring (bicyclic) bond motifs is 1. The summed E-state index contributed by atoms with van der Waals surface area (Å²) in [6, 6.07) is 8.12. The Labute approximate surface area is 102 Å². The molecule has 1 saturated carbocycles. The van der Waals surface area contributed by atoms with Gasteiger partial charge in [-0.15, -0.1) is 0 Å². The first kappa shape index (κ1) is 10.6. The van der Waals surface area contributed by atoms with Gasteiger partial charge in [-0.05, 0) is 30.4 Å². The molecule has 3 nitrogen and oxygen atoms in total. The molecule has 0 aromatic heterocycles. The van der Waals surface area contributed by atoms with Crippen LogP contribution in [0.3, 0.4) is 0 Å². The van der Waals surface area contributed by atoms with Crippen molar-refractivity contribution in [1.82, 2.24) is 4.90 Å². The second-order valence-electron chi connectivity index (χ2n) is 5.22. The molecule has 0 radical (unpaired) electrons. The molecule has 0 bridgehead atoms. The average molecular weight is 230 g/mol. The molecule has 3 heteroatoms. The van der Waals surface area contributed by atoms with Crippen LogP contribution in [0.4, 0.5) is 5.69 Å². The molecule has 1 amide bonds. The van der Waals surface area contributed by atoms with E-state index in [9.17, 15) is 4.79 Å². The number of hydrogen-bond donors (Lipinski definition) is 1. The van der Waals surface area contributed by atoms with Gasteiger partial charge in [0.25, 0.3) is 0 Å². The number of rotatable bonds is 3. The van der Waals surface area contributed by atoms with Crippen LogP contribution in [0.5, 0.6) is 0 Å². The molecule has 0 spiro atoms. The highest BCUT2D eigenvalue weighted by molar-refractivity contribution is 5.87. The van der Waals surface area contributed by atoms with Crippen LogP contribution in [-0.2, 0) is 11.2 Å². The van der Waals surface area contributed by atoms with E-state index >= 15 is 0 Å². The molecule has 1 aromatic rings. The number of hydrogen-bond acceptors (Lipinski definition) is 2. The minimum Gasteiger partial charge on any atom is -0.373 e. The maximum Gasteiger partial charge on any atom is 0.245 e. The number of nitrogens with zero attached hydrogens (tertiary/aromatic N) is 1. The van der Waals surface area contributed by atoms with Gasteiger partial charge in [-0.2, -0.15) is 0 Å². The maximum atomic E-state index is 12.2. The summed E-state index contributed by atoms with van der Waals surface area (Å²) in [5.41, 5.74) is 2.37. The molecule has 1 fully saturated rings. The maximum absolute atomic E-state index is 12.2. The van der Waals surface area contributed by atoms with E-state index in [0.717, 1.165) is 24.6 Å². The lowest BCUT2D eigenvalue weighted by molar-refractivity contribution is -0.130. The molecule has 17 heavy (non-hydrogen) atoms. The lowest BCUT2D eigenvalue weighted by atomic mass is 10.1. The lowest BCUT2D eigenvalue weighted by Crippen LogP contribution is -2.40. The van der Waals surface area contributed by atoms with Gasteiger partial charge < -0.3 is 10.2 Å². The first-order chi connectivity index (χ1) is 8.24. The molecule has 1 unspecified atom stereocenters. The lowest BCUT2D eigenvalue weighted by Gasteiger charge is -2.21. The van der Waals surface area contributed by atoms with E-state index in [2.05, 4.69) is 11.4 Å². The molecule has 3 rings (SSSR count). The average Bonchev–Trinajstić information content (AvgIpc) is 3.04. The van der Waals surface area contributed by atoms with E-state index in [1.54, 1.807) is 0 Å². The van der Waals surface area contributed by atoms with Crippen LogP contribution in [0.2, 0.25) is 0 Å². The number of amides is 1. The van der Waals surface area contributed by atoms with Gasteiger partial charge in [-0.1, -0.05) is 18.2 Å². The third kappa shape index (κ3) is 2.14. The van der Waals surface area contributed by atoms with Crippen molar-refractivity contribution in [2.45, 2.75) is 25.3 Å². The Morgan fingerprint density at radius 2 is 2.18 bits per heavy atom. The first-order valence-corrected chi connectivity index (χ1v) is 6.33. The Hall–Kier alpha value is -1.51. The zero-order valence-electron chi connectivity index (χ0n) is 10.1. The van der Waals surface area contributed by atoms with Crippen LogP contribution in [0, 0.1) is 5.92 Å². The fourth-order valence-corrected chi connectivity index (χ4v) is 2.49. The van der Waals surface area contributed by atoms with Gasteiger partial charge in [0, 0.05) is 25.7 Å². The zero-order valence-corrected chi connectivity index (χ0v) is 10.1. The van der Waals surface area contributed by atoms with Crippen LogP contribution in [0.1, 0.15) is 18.4 Å². The van der Waals surface area contributed by atoms with Crippen molar-refractivity contribution in [2.75, 3.05) is 18.9 Å². The topological polar surface area (TPSA) is 32.3 Å². The van der Waals surface area contributed by atoms with Crippen molar-refractivity contribution in [3.8, 4) is 0 Å². The predicted molar refractivity (Wildman–Crippen MR) is 67.9 cm³/mol. The number of benzene rings is 1. The zero-order chi connectivity index (χ0) is 11.8. The Balaban J connectivity index is 1.65. The van der Waals surface area contributed by atoms with Gasteiger partial charge in [0.1, 0.15) is 6.04 Å². The standard InChI is InChI=1S/C14H18N2O/c1-16(9-10-6-7-10)14(17)13-8-11-4-2-3-5-12(11)15-13/h2-5,10,13,15H,6-9H2,1H3. The third-order valence-corrected chi connectivity index (χ3v) is 3.67. The van der Waals surface area contributed by atoms with E-state index in [1.807, 2.05) is 30.1 Å². The highest BCUT2D eigenvalue weighted by Gasteiger charge is 2.31. The molecular weight excluding hydrogens is 212 g/mol. The van der Waals surface area contributed by atoms with Crippen LogP contribution >= 0.6 is 0 Å². The highest BCUT2D eigenvalue weighted by atomic mass is 16.2. The molecule has 2 aliphatic rings. The number of nitrogens with one attached hydrogen (secondary N) is 1. The summed E-state index contributed by atoms with van der Waals surface area (Å²) in [6.07, 6.45) is 3.40. The number of likely N-dealkylation sites (N-methyl/N-ethyl adjacent to an activating group) is 1. The minimum absolute atomic E-state index is 0.0591. The predicted octanol–water partition coefficient (Wildman–Crippen LogP) is 1.89. The number of carbonyl (C=O) groups excluding carboxylic acids is 1. The molecule has 1 N–H and O–H groups in total. The molecular formula is C14H18N2O. The summed E-state index contributed by atoms with van der Waals surface area (Å²) >= 11 is 0. The van der Waals surface area contributed by atoms with E-state index in [0.29, 0.717) is 0 Å². The van der Waals surface area contributed by atoms with Crippen molar-refractivity contribution in [3.63, 3.8) is 0 Å². The van der Waals surface area contributed by atoms with Crippen LogP contribution < -0.4 is 5.32 Å². The molecule has 1 aliphatic heterocycles. The van der Waals surface area contributed by atoms with Gasteiger partial charge in [-0.3, -0.25) is 4.79 Å². The van der Waals surface area contributed by atoms with Gasteiger partial charge in [0.2, 0.25) is 5.91 Å². The largest absolute Gasteiger partial charge is 0.373 e. The highest BCUT2D eigenvalue weighted by Crippen LogP contribution is 2.30. The summed E-state index contributed by atoms with van der Waals surface area (Å²) in [5.74, 6) is 0.987. The minimum atomic E-state index is -0.0591. The number of carbonyl (C=O) groups is 1. The van der Waals surface area contributed by atoms with Gasteiger partial charge in [0.15, 0.2) is 0 Å². The number of anilines is 1. The summed E-state index contributed by atoms with van der Waals surface area (Å²) in [4.78, 5) is 14.1. The Kier molecular flexibility index (Phi) is 2.54. The third-order valence-electron chi connectivity index (χ3n) is 3.67. The smallest absolute Gasteiger partial charge is 0.245 e. The summed E-state index contributed by atoms with van der Waals surface area (Å²) in [5, 5.41) is 3.32. The van der Waals surface area contributed by atoms with Crippen molar-refractivity contribution in [1.29, 1.82) is 0 Å². The fourth-order valence-electron chi connectivity index (χ4n) is 2.49. The van der Waals surface area contributed by atoms with Crippen LogP contribution in [-0.4, -0.2) is 30.4 Å². The SMILES string of the molecule is CN(CC1CC1)C(=O)C1Cc2ccccc2N1. The van der Waals surface area contributed by atoms with Crippen molar-refractivity contribution in [3.05, 3.63) is 29.8 Å². The first-order valence-electron chi connectivity index (χ1n) is 6.33. The van der Waals surface area contributed by atoms with Crippen molar-refractivity contribution in [2.24, 2.45) is 5.92 Å². The van der Waals surface area contributed by atoms with Crippen molar-refractivity contribution >= 4 is 11.6 Å². The molecule has 0 saturated heterocycles. The molecule has 1 heterocycles. The quantitative estimate of drug-likeness (QED) is 0.860. The summed E-state index contributed by atoms with van der Waals surface area (Å²) in [7, 11) is 1.92. The Morgan fingerprint density at radius 1 is 1.41 bits per heavy atom. The van der Waals surface area contributed by atoms with Gasteiger partial charge in [0.05, 0.1) is 0 Å². The van der Waals surface area contributed by atoms with Crippen molar-refractivity contribution < 1.29 is 4.79 Å². The Bertz CT molecular complexity index is 415. The number of para-hydroxylation sites is 1. The van der Waals surface area contributed by atoms with E-state index in [4.69, 9.17) is 0 Å².